The van der Waals surface area contributed by atoms with Crippen molar-refractivity contribution in [2.45, 2.75) is 45.8 Å². The zero-order chi connectivity index (χ0) is 25.1. The number of aliphatic hydroxyl groups excluding tert-OH is 1. The van der Waals surface area contributed by atoms with Gasteiger partial charge in [0.2, 0.25) is 5.91 Å². The van der Waals surface area contributed by atoms with E-state index in [0.29, 0.717) is 18.7 Å². The summed E-state index contributed by atoms with van der Waals surface area (Å²) in [5.41, 5.74) is 2.45. The van der Waals surface area contributed by atoms with Crippen LogP contribution in [0.5, 0.6) is 5.75 Å². The maximum atomic E-state index is 11.0. The van der Waals surface area contributed by atoms with Crippen LogP contribution in [0.15, 0.2) is 54.7 Å². The van der Waals surface area contributed by atoms with E-state index in [1.165, 1.54) is 6.92 Å². The van der Waals surface area contributed by atoms with Crippen molar-refractivity contribution in [3.05, 3.63) is 65.9 Å². The number of aliphatic hydroxyl groups is 1. The minimum atomic E-state index is -0.879. The van der Waals surface area contributed by atoms with Crippen molar-refractivity contribution in [2.75, 3.05) is 19.7 Å². The smallest absolute Gasteiger partial charge is 0.335 e. The van der Waals surface area contributed by atoms with E-state index in [1.807, 2.05) is 24.4 Å². The van der Waals surface area contributed by atoms with E-state index in [-0.39, 0.29) is 18.1 Å². The van der Waals surface area contributed by atoms with E-state index >= 15 is 0 Å². The maximum Gasteiger partial charge on any atom is 0.335 e. The van der Waals surface area contributed by atoms with E-state index in [1.54, 1.807) is 30.3 Å². The second-order valence-corrected chi connectivity index (χ2v) is 9.02. The zero-order valence-corrected chi connectivity index (χ0v) is 20.2. The summed E-state index contributed by atoms with van der Waals surface area (Å²) in [6.45, 7) is 9.01. The van der Waals surface area contributed by atoms with E-state index in [4.69, 9.17) is 9.84 Å². The number of ether oxygens (including phenoxy) is 1. The van der Waals surface area contributed by atoms with Crippen molar-refractivity contribution in [2.24, 2.45) is 0 Å². The highest BCUT2D eigenvalue weighted by atomic mass is 16.5. The van der Waals surface area contributed by atoms with Crippen LogP contribution >= 0.6 is 0 Å². The lowest BCUT2D eigenvalue weighted by atomic mass is 10.1. The van der Waals surface area contributed by atoms with Crippen LogP contribution < -0.4 is 15.4 Å². The maximum absolute atomic E-state index is 11.0. The fourth-order valence-electron chi connectivity index (χ4n) is 3.08. The molecule has 0 radical (unpaired) electrons. The van der Waals surface area contributed by atoms with Crippen LogP contribution in [0.4, 0.5) is 0 Å². The van der Waals surface area contributed by atoms with E-state index in [0.717, 1.165) is 28.6 Å². The van der Waals surface area contributed by atoms with Gasteiger partial charge in [0.05, 0.1) is 5.56 Å². The summed E-state index contributed by atoms with van der Waals surface area (Å²) in [6.07, 6.45) is 2.14. The Bertz CT molecular complexity index is 1060. The normalized spacial score (nSPS) is 11.9. The summed E-state index contributed by atoms with van der Waals surface area (Å²) in [7, 11) is 0. The van der Waals surface area contributed by atoms with Crippen LogP contribution in [-0.4, -0.2) is 58.4 Å². The highest BCUT2D eigenvalue weighted by Gasteiger charge is 2.13. The monoisotopic (exact) mass is 469 g/mol. The number of H-pyrrole nitrogens is 1. The minimum absolute atomic E-state index is 0.0262. The van der Waals surface area contributed by atoms with Crippen molar-refractivity contribution in [3.8, 4) is 5.75 Å². The van der Waals surface area contributed by atoms with Crippen LogP contribution in [-0.2, 0) is 11.2 Å². The molecule has 34 heavy (non-hydrogen) atoms. The molecule has 1 atom stereocenters. The van der Waals surface area contributed by atoms with Gasteiger partial charge >= 0.3 is 5.97 Å². The van der Waals surface area contributed by atoms with Crippen LogP contribution in [0.3, 0.4) is 0 Å². The van der Waals surface area contributed by atoms with Crippen molar-refractivity contribution in [1.82, 2.24) is 15.6 Å². The molecule has 8 nitrogen and oxygen atoms in total. The molecule has 0 fully saturated rings. The largest absolute Gasteiger partial charge is 0.491 e. The Morgan fingerprint density at radius 2 is 1.82 bits per heavy atom. The SMILES string of the molecule is CC(=O)NCCc1c[nH]c2ccc(OCC(O)CNC(C)(C)C)cc12.O=C(O)c1ccccc1. The first kappa shape index (κ1) is 26.9. The van der Waals surface area contributed by atoms with Crippen LogP contribution in [0.1, 0.15) is 43.6 Å². The second-order valence-electron chi connectivity index (χ2n) is 9.02. The van der Waals surface area contributed by atoms with Gasteiger partial charge in [-0.25, -0.2) is 4.79 Å². The van der Waals surface area contributed by atoms with Gasteiger partial charge in [-0.3, -0.25) is 4.79 Å². The number of carbonyl (C=O) groups excluding carboxylic acids is 1. The van der Waals surface area contributed by atoms with Gasteiger partial charge in [0, 0.05) is 42.7 Å². The van der Waals surface area contributed by atoms with E-state index in [9.17, 15) is 14.7 Å². The average molecular weight is 470 g/mol. The predicted molar refractivity (Wildman–Crippen MR) is 133 cm³/mol. The van der Waals surface area contributed by atoms with Gasteiger partial charge in [-0.15, -0.1) is 0 Å². The Morgan fingerprint density at radius 1 is 1.12 bits per heavy atom. The predicted octanol–water partition coefficient (Wildman–Crippen LogP) is 3.36. The number of aromatic carboxylic acids is 1. The molecule has 0 saturated carbocycles. The summed E-state index contributed by atoms with van der Waals surface area (Å²) < 4.78 is 5.73. The first-order chi connectivity index (χ1) is 16.0. The van der Waals surface area contributed by atoms with Gasteiger partial charge < -0.3 is 30.6 Å². The average Bonchev–Trinajstić information content (AvgIpc) is 3.19. The molecule has 0 aliphatic carbocycles. The molecule has 0 spiro atoms. The van der Waals surface area contributed by atoms with Gasteiger partial charge in [0.1, 0.15) is 18.5 Å². The third-order valence-corrected chi connectivity index (χ3v) is 4.84. The highest BCUT2D eigenvalue weighted by Crippen LogP contribution is 2.24. The third-order valence-electron chi connectivity index (χ3n) is 4.84. The molecule has 5 N–H and O–H groups in total. The number of amides is 1. The lowest BCUT2D eigenvalue weighted by Gasteiger charge is -2.23. The molecule has 0 aliphatic heterocycles. The Labute approximate surface area is 200 Å². The first-order valence-corrected chi connectivity index (χ1v) is 11.2. The molecule has 0 bridgehead atoms. The summed E-state index contributed by atoms with van der Waals surface area (Å²) in [5, 5.41) is 25.6. The van der Waals surface area contributed by atoms with E-state index in [2.05, 4.69) is 36.4 Å². The number of benzene rings is 2. The summed E-state index contributed by atoms with van der Waals surface area (Å²) >= 11 is 0. The quantitative estimate of drug-likeness (QED) is 0.327. The second kappa shape index (κ2) is 12.8. The van der Waals surface area contributed by atoms with Gasteiger partial charge in [-0.1, -0.05) is 18.2 Å². The standard InChI is InChI=1S/C19H29N3O3.C7H6O2/c1-13(23)20-8-7-14-10-21-18-6-5-16(9-17(14)18)25-12-15(24)11-22-19(2,3)4;8-7(9)6-4-2-1-3-5-6/h5-6,9-10,15,21-22,24H,7-8,11-12H2,1-4H3,(H,20,23);1-5H,(H,8,9). The van der Waals surface area contributed by atoms with Gasteiger partial charge in [-0.05, 0) is 63.1 Å². The molecule has 3 rings (SSSR count). The number of nitrogens with one attached hydrogen (secondary N) is 3. The number of rotatable bonds is 9. The summed E-state index contributed by atoms with van der Waals surface area (Å²) in [6, 6.07) is 14.1. The molecule has 1 heterocycles. The van der Waals surface area contributed by atoms with Gasteiger partial charge in [-0.2, -0.15) is 0 Å². The third kappa shape index (κ3) is 9.64. The van der Waals surface area contributed by atoms with Gasteiger partial charge in [0.15, 0.2) is 0 Å². The number of β-amino-alcohol motifs (C(OH)–C–C–N with tert-alkyl or cyclic N) is 1. The molecule has 1 unspecified atom stereocenters. The lowest BCUT2D eigenvalue weighted by molar-refractivity contribution is -0.118. The minimum Gasteiger partial charge on any atom is -0.491 e. The van der Waals surface area contributed by atoms with Crippen molar-refractivity contribution >= 4 is 22.8 Å². The Balaban J connectivity index is 0.000000379. The lowest BCUT2D eigenvalue weighted by Crippen LogP contribution is -2.42. The first-order valence-electron chi connectivity index (χ1n) is 11.2. The number of carboxylic acids is 1. The zero-order valence-electron chi connectivity index (χ0n) is 20.2. The molecular weight excluding hydrogens is 434 g/mol. The number of hydrogen-bond acceptors (Lipinski definition) is 5. The Hall–Kier alpha value is -3.36. The Morgan fingerprint density at radius 3 is 2.41 bits per heavy atom. The molecule has 0 saturated heterocycles. The summed E-state index contributed by atoms with van der Waals surface area (Å²) in [5.74, 6) is -0.181. The Kier molecular flexibility index (Phi) is 10.1. The van der Waals surface area contributed by atoms with Crippen molar-refractivity contribution < 1.29 is 24.5 Å². The number of carbonyl (C=O) groups is 2. The molecule has 184 valence electrons. The fraction of sp³-hybridized carbons (Fsp3) is 0.385. The van der Waals surface area contributed by atoms with Crippen molar-refractivity contribution in [3.63, 3.8) is 0 Å². The molecule has 8 heteroatoms. The number of hydrogen-bond donors (Lipinski definition) is 5. The molecule has 1 amide bonds. The fourth-order valence-corrected chi connectivity index (χ4v) is 3.08. The van der Waals surface area contributed by atoms with Gasteiger partial charge in [0.25, 0.3) is 0 Å². The number of carboxylic acid groups (broad SMARTS) is 1. The number of aromatic amines is 1. The highest BCUT2D eigenvalue weighted by molar-refractivity contribution is 5.87. The molecule has 2 aromatic carbocycles. The molecule has 0 aliphatic rings. The van der Waals surface area contributed by atoms with Crippen molar-refractivity contribution in [1.29, 1.82) is 0 Å². The van der Waals surface area contributed by atoms with E-state index < -0.39 is 12.1 Å². The molecular formula is C26H35N3O5. The summed E-state index contributed by atoms with van der Waals surface area (Å²) in [4.78, 5) is 24.4. The number of fused-ring (bicyclic) bond motifs is 1. The van der Waals surface area contributed by atoms with Crippen LogP contribution in [0.2, 0.25) is 0 Å². The number of aromatic nitrogens is 1. The molecule has 1 aromatic heterocycles. The molecule has 3 aromatic rings. The van der Waals surface area contributed by atoms with Crippen LogP contribution in [0.25, 0.3) is 10.9 Å². The van der Waals surface area contributed by atoms with Crippen LogP contribution in [0, 0.1) is 0 Å². The topological polar surface area (TPSA) is 124 Å².